The van der Waals surface area contributed by atoms with Gasteiger partial charge in [-0.2, -0.15) is 25.7 Å². The van der Waals surface area contributed by atoms with Crippen LogP contribution in [-0.2, 0) is 19.1 Å². The van der Waals surface area contributed by atoms with E-state index < -0.39 is 25.5 Å². The average Bonchev–Trinajstić information content (AvgIpc) is 2.73. The zero-order valence-electron chi connectivity index (χ0n) is 15.7. The first-order chi connectivity index (χ1) is 14.3. The van der Waals surface area contributed by atoms with Crippen molar-refractivity contribution < 1.29 is 29.0 Å². The maximum absolute atomic E-state index is 12.1. The van der Waals surface area contributed by atoms with Crippen molar-refractivity contribution in [2.75, 3.05) is 18.8 Å². The number of hydrogen-bond donors (Lipinski definition) is 2. The molecule has 2 N–H and O–H groups in total. The van der Waals surface area contributed by atoms with Crippen molar-refractivity contribution in [3.63, 3.8) is 0 Å². The first-order valence-corrected chi connectivity index (χ1v) is 8.48. The van der Waals surface area contributed by atoms with Crippen molar-refractivity contribution in [2.24, 2.45) is 16.1 Å². The van der Waals surface area contributed by atoms with Gasteiger partial charge in [0, 0.05) is 12.3 Å². The molecule has 0 saturated carbocycles. The number of carboxylic acids is 1. The summed E-state index contributed by atoms with van der Waals surface area (Å²) < 4.78 is 9.04. The lowest BCUT2D eigenvalue weighted by molar-refractivity contribution is -0.143. The molecule has 154 valence electrons. The van der Waals surface area contributed by atoms with Crippen LogP contribution >= 0.6 is 0 Å². The van der Waals surface area contributed by atoms with Crippen LogP contribution in [0.25, 0.3) is 0 Å². The highest BCUT2D eigenvalue weighted by Crippen LogP contribution is 2.22. The summed E-state index contributed by atoms with van der Waals surface area (Å²) in [6.07, 6.45) is -1.10. The summed E-state index contributed by atoms with van der Waals surface area (Å²) in [5, 5.41) is 34.6. The predicted molar refractivity (Wildman–Crippen MR) is 101 cm³/mol. The zero-order valence-corrected chi connectivity index (χ0v) is 15.7. The highest BCUT2D eigenvalue weighted by atomic mass is 16.7. The molecule has 1 aromatic carbocycles. The lowest BCUT2D eigenvalue weighted by Crippen LogP contribution is -2.38. The van der Waals surface area contributed by atoms with E-state index in [9.17, 15) is 14.4 Å². The number of nitrogens with zero attached hydrogens (tertiary/aromatic N) is 5. The number of aliphatic carboxylic acids is 1. The maximum Gasteiger partial charge on any atom is 0.510 e. The Hall–Kier alpha value is -4.45. The van der Waals surface area contributed by atoms with E-state index in [-0.39, 0.29) is 24.0 Å². The van der Waals surface area contributed by atoms with Gasteiger partial charge in [-0.1, -0.05) is 19.1 Å². The molecule has 30 heavy (non-hydrogen) atoms. The van der Waals surface area contributed by atoms with Gasteiger partial charge in [0.25, 0.3) is 0 Å². The first-order valence-electron chi connectivity index (χ1n) is 8.48. The molecule has 0 radical (unpaired) electrons. The second-order valence-electron chi connectivity index (χ2n) is 5.96. The fourth-order valence-corrected chi connectivity index (χ4v) is 2.38. The number of benzene rings is 1. The van der Waals surface area contributed by atoms with E-state index in [1.165, 1.54) is 0 Å². The van der Waals surface area contributed by atoms with E-state index >= 15 is 0 Å². The van der Waals surface area contributed by atoms with Crippen molar-refractivity contribution in [3.8, 4) is 12.1 Å². The van der Waals surface area contributed by atoms with Crippen LogP contribution in [0, 0.1) is 28.6 Å². The number of carboxylic acid groups (broad SMARTS) is 1. The lowest BCUT2D eigenvalue weighted by Gasteiger charge is -2.27. The molecule has 0 fully saturated rings. The molecule has 1 atom stereocenters. The number of nitriles is 2. The monoisotopic (exact) mass is 412 g/mol. The van der Waals surface area contributed by atoms with Gasteiger partial charge in [-0.05, 0) is 17.7 Å². The quantitative estimate of drug-likeness (QED) is 0.379. The minimum atomic E-state index is -1.34. The van der Waals surface area contributed by atoms with E-state index in [2.05, 4.69) is 20.4 Å². The van der Waals surface area contributed by atoms with Gasteiger partial charge in [-0.15, -0.1) is 0 Å². The molecule has 0 aromatic heterocycles. The molecule has 0 saturated heterocycles. The number of rotatable bonds is 7. The Morgan fingerprint density at radius 1 is 1.30 bits per heavy atom. The number of hydrazone groups is 2. The Bertz CT molecular complexity index is 956. The maximum atomic E-state index is 12.1. The van der Waals surface area contributed by atoms with Gasteiger partial charge in [0.2, 0.25) is 11.6 Å². The summed E-state index contributed by atoms with van der Waals surface area (Å²) in [5.74, 6) is -1.91. The summed E-state index contributed by atoms with van der Waals surface area (Å²) in [6.45, 7) is 0.443. The second-order valence-corrected chi connectivity index (χ2v) is 5.96. The second kappa shape index (κ2) is 10.2. The molecule has 2 rings (SSSR count). The van der Waals surface area contributed by atoms with Crippen LogP contribution < -0.4 is 5.43 Å². The van der Waals surface area contributed by atoms with Gasteiger partial charge in [-0.25, -0.2) is 9.59 Å². The predicted octanol–water partition coefficient (Wildman–Crippen LogP) is 1.27. The minimum Gasteiger partial charge on any atom is -0.479 e. The van der Waals surface area contributed by atoms with Gasteiger partial charge >= 0.3 is 12.1 Å². The van der Waals surface area contributed by atoms with Crippen LogP contribution in [-0.4, -0.2) is 52.9 Å². The molecule has 0 spiro atoms. The highest BCUT2D eigenvalue weighted by Gasteiger charge is 2.28. The third-order valence-corrected chi connectivity index (χ3v) is 3.77. The van der Waals surface area contributed by atoms with Gasteiger partial charge in [0.1, 0.15) is 12.1 Å². The number of hydrogen-bond acceptors (Lipinski definition) is 10. The molecular formula is C18H16N6O6. The van der Waals surface area contributed by atoms with Crippen molar-refractivity contribution in [2.45, 2.75) is 13.3 Å². The largest absolute Gasteiger partial charge is 0.510 e. The van der Waals surface area contributed by atoms with E-state index in [4.69, 9.17) is 20.4 Å². The minimum absolute atomic E-state index is 0.129. The Morgan fingerprint density at radius 2 is 1.97 bits per heavy atom. The molecule has 1 aliphatic rings. The molecule has 0 bridgehead atoms. The van der Waals surface area contributed by atoms with Crippen molar-refractivity contribution in [3.05, 3.63) is 29.8 Å². The number of carbonyl (C=O) groups is 3. The SMILES string of the molecule is C[C@@H]1CC(=O)N(COC(=O)OCC(=O)O)N=C1c1ccc(NN=C(C#N)C#N)cc1. The zero-order chi connectivity index (χ0) is 22.1. The number of carbonyl (C=O) groups excluding carboxylic acids is 2. The summed E-state index contributed by atoms with van der Waals surface area (Å²) in [4.78, 5) is 33.9. The smallest absolute Gasteiger partial charge is 0.479 e. The third-order valence-electron chi connectivity index (χ3n) is 3.77. The van der Waals surface area contributed by atoms with Crippen LogP contribution in [0.4, 0.5) is 10.5 Å². The molecule has 0 aliphatic carbocycles. The molecular weight excluding hydrogens is 396 g/mol. The average molecular weight is 412 g/mol. The molecule has 12 heteroatoms. The normalized spacial score (nSPS) is 15.2. The topological polar surface area (TPSA) is 177 Å². The van der Waals surface area contributed by atoms with Crippen LogP contribution in [0.2, 0.25) is 0 Å². The van der Waals surface area contributed by atoms with Crippen molar-refractivity contribution >= 4 is 35.1 Å². The molecule has 12 nitrogen and oxygen atoms in total. The summed E-state index contributed by atoms with van der Waals surface area (Å²) in [6, 6.07) is 9.99. The van der Waals surface area contributed by atoms with Crippen LogP contribution in [0.1, 0.15) is 18.9 Å². The summed E-state index contributed by atoms with van der Waals surface area (Å²) in [7, 11) is 0. The van der Waals surface area contributed by atoms with Crippen LogP contribution in [0.5, 0.6) is 0 Å². The van der Waals surface area contributed by atoms with Gasteiger partial charge < -0.3 is 14.6 Å². The van der Waals surface area contributed by atoms with E-state index in [0.717, 1.165) is 5.01 Å². The summed E-state index contributed by atoms with van der Waals surface area (Å²) >= 11 is 0. The number of amides is 1. The van der Waals surface area contributed by atoms with Crippen molar-refractivity contribution in [1.29, 1.82) is 10.5 Å². The molecule has 1 aliphatic heterocycles. The Kier molecular flexibility index (Phi) is 7.42. The van der Waals surface area contributed by atoms with E-state index in [1.807, 2.05) is 6.92 Å². The Labute approximate surface area is 170 Å². The fraction of sp³-hybridized carbons (Fsp3) is 0.278. The third kappa shape index (κ3) is 6.03. The van der Waals surface area contributed by atoms with Crippen LogP contribution in [0.15, 0.2) is 34.5 Å². The van der Waals surface area contributed by atoms with Crippen molar-refractivity contribution in [1.82, 2.24) is 5.01 Å². The molecule has 0 unspecified atom stereocenters. The number of nitrogens with one attached hydrogen (secondary N) is 1. The van der Waals surface area contributed by atoms with E-state index in [1.54, 1.807) is 36.4 Å². The first kappa shape index (κ1) is 21.8. The summed E-state index contributed by atoms with van der Waals surface area (Å²) in [5.41, 5.74) is 4.06. The number of ether oxygens (including phenoxy) is 2. The standard InChI is InChI=1S/C18H16N6O6/c1-11-6-15(25)24(10-30-18(28)29-9-16(26)27)23-17(11)12-2-4-13(5-3-12)21-22-14(7-19)8-20/h2-5,11,21H,6,9-10H2,1H3,(H,26,27)/t11-/m1/s1. The van der Waals surface area contributed by atoms with Crippen LogP contribution in [0.3, 0.4) is 0 Å². The van der Waals surface area contributed by atoms with E-state index in [0.29, 0.717) is 17.0 Å². The van der Waals surface area contributed by atoms with Gasteiger partial charge in [-0.3, -0.25) is 10.2 Å². The Morgan fingerprint density at radius 3 is 2.57 bits per heavy atom. The molecule has 1 heterocycles. The number of anilines is 1. The molecule has 1 amide bonds. The molecule has 1 aromatic rings. The highest BCUT2D eigenvalue weighted by molar-refractivity contribution is 6.10. The Balaban J connectivity index is 2.08. The lowest BCUT2D eigenvalue weighted by atomic mass is 9.94. The van der Waals surface area contributed by atoms with Gasteiger partial charge in [0.15, 0.2) is 13.3 Å². The van der Waals surface area contributed by atoms with Gasteiger partial charge in [0.05, 0.1) is 11.4 Å². The fourth-order valence-electron chi connectivity index (χ4n) is 2.38.